The van der Waals surface area contributed by atoms with E-state index in [-0.39, 0.29) is 11.7 Å². The fourth-order valence-electron chi connectivity index (χ4n) is 3.00. The van der Waals surface area contributed by atoms with Gasteiger partial charge in [-0.05, 0) is 53.4 Å². The van der Waals surface area contributed by atoms with Gasteiger partial charge in [0.1, 0.15) is 11.5 Å². The molecule has 0 aliphatic rings. The van der Waals surface area contributed by atoms with Crippen molar-refractivity contribution >= 4 is 5.78 Å². The Bertz CT molecular complexity index is 820. The predicted molar refractivity (Wildman–Crippen MR) is 96.2 cm³/mol. The highest BCUT2D eigenvalue weighted by molar-refractivity contribution is 5.89. The van der Waals surface area contributed by atoms with Crippen molar-refractivity contribution in [2.75, 3.05) is 7.11 Å². The first kappa shape index (κ1) is 16.0. The van der Waals surface area contributed by atoms with E-state index in [4.69, 9.17) is 4.74 Å². The summed E-state index contributed by atoms with van der Waals surface area (Å²) in [5.41, 5.74) is 4.10. The SMILES string of the molecule is COc1ccc(C(C(C)=O)c2ccccc2-c2c[c]ccc2)cc1. The van der Waals surface area contributed by atoms with Gasteiger partial charge < -0.3 is 4.74 Å². The number of hydrogen-bond acceptors (Lipinski definition) is 2. The number of rotatable bonds is 5. The summed E-state index contributed by atoms with van der Waals surface area (Å²) in [5, 5.41) is 0. The molecule has 1 unspecified atom stereocenters. The minimum atomic E-state index is -0.299. The van der Waals surface area contributed by atoms with E-state index in [9.17, 15) is 4.79 Å². The molecule has 0 spiro atoms. The van der Waals surface area contributed by atoms with Gasteiger partial charge in [-0.2, -0.15) is 0 Å². The molecule has 119 valence electrons. The summed E-state index contributed by atoms with van der Waals surface area (Å²) in [6.45, 7) is 1.64. The monoisotopic (exact) mass is 315 g/mol. The molecule has 1 atom stereocenters. The number of ether oxygens (including phenoxy) is 1. The molecule has 0 aliphatic carbocycles. The van der Waals surface area contributed by atoms with Gasteiger partial charge in [0.2, 0.25) is 0 Å². The third-order valence-corrected chi connectivity index (χ3v) is 4.15. The Balaban J connectivity index is 2.11. The van der Waals surface area contributed by atoms with Gasteiger partial charge in [-0.1, -0.05) is 54.6 Å². The highest BCUT2D eigenvalue weighted by Crippen LogP contribution is 2.34. The summed E-state index contributed by atoms with van der Waals surface area (Å²) in [4.78, 5) is 12.4. The van der Waals surface area contributed by atoms with Gasteiger partial charge >= 0.3 is 0 Å². The van der Waals surface area contributed by atoms with Crippen LogP contribution in [0.25, 0.3) is 11.1 Å². The number of benzene rings is 3. The molecule has 0 aliphatic heterocycles. The molecule has 3 rings (SSSR count). The van der Waals surface area contributed by atoms with Crippen LogP contribution >= 0.6 is 0 Å². The Hall–Kier alpha value is -2.87. The van der Waals surface area contributed by atoms with Crippen molar-refractivity contribution in [1.29, 1.82) is 0 Å². The summed E-state index contributed by atoms with van der Waals surface area (Å²) < 4.78 is 5.22. The quantitative estimate of drug-likeness (QED) is 0.670. The smallest absolute Gasteiger partial charge is 0.141 e. The van der Waals surface area contributed by atoms with E-state index in [1.54, 1.807) is 14.0 Å². The molecular formula is C22H19O2. The topological polar surface area (TPSA) is 26.3 Å². The molecule has 0 saturated carbocycles. The normalized spacial score (nSPS) is 11.8. The van der Waals surface area contributed by atoms with Crippen LogP contribution in [0.15, 0.2) is 72.8 Å². The third kappa shape index (κ3) is 3.23. The lowest BCUT2D eigenvalue weighted by atomic mass is 9.83. The van der Waals surface area contributed by atoms with Crippen LogP contribution in [0.3, 0.4) is 0 Å². The Morgan fingerprint density at radius 2 is 1.75 bits per heavy atom. The molecule has 0 fully saturated rings. The zero-order valence-electron chi connectivity index (χ0n) is 13.8. The average molecular weight is 315 g/mol. The standard InChI is InChI=1S/C22H19O2/c1-16(23)22(18-12-14-19(24-2)15-13-18)21-11-7-6-10-20(21)17-8-4-3-5-9-17/h3-4,6-15,22H,1-2H3. The summed E-state index contributed by atoms with van der Waals surface area (Å²) in [6.07, 6.45) is 0. The van der Waals surface area contributed by atoms with Gasteiger partial charge in [0.25, 0.3) is 0 Å². The van der Waals surface area contributed by atoms with Crippen LogP contribution in [0.5, 0.6) is 5.75 Å². The summed E-state index contributed by atoms with van der Waals surface area (Å²) in [5.74, 6) is 0.604. The van der Waals surface area contributed by atoms with Crippen molar-refractivity contribution in [2.24, 2.45) is 0 Å². The summed E-state index contributed by atoms with van der Waals surface area (Å²) in [6, 6.07) is 26.7. The minimum Gasteiger partial charge on any atom is -0.497 e. The van der Waals surface area contributed by atoms with E-state index in [1.807, 2.05) is 66.7 Å². The lowest BCUT2D eigenvalue weighted by molar-refractivity contribution is -0.117. The second kappa shape index (κ2) is 7.14. The van der Waals surface area contributed by atoms with E-state index in [2.05, 4.69) is 12.1 Å². The number of ketones is 1. The molecule has 0 aromatic heterocycles. The maximum atomic E-state index is 12.4. The zero-order valence-corrected chi connectivity index (χ0v) is 13.8. The highest BCUT2D eigenvalue weighted by atomic mass is 16.5. The lowest BCUT2D eigenvalue weighted by Gasteiger charge is -2.19. The largest absolute Gasteiger partial charge is 0.497 e. The van der Waals surface area contributed by atoms with Gasteiger partial charge in [-0.15, -0.1) is 0 Å². The van der Waals surface area contributed by atoms with Gasteiger partial charge in [0.05, 0.1) is 13.0 Å². The lowest BCUT2D eigenvalue weighted by Crippen LogP contribution is -2.11. The van der Waals surface area contributed by atoms with Crippen LogP contribution in [0, 0.1) is 6.07 Å². The number of carbonyl (C=O) groups is 1. The predicted octanol–water partition coefficient (Wildman–Crippen LogP) is 4.88. The van der Waals surface area contributed by atoms with E-state index < -0.39 is 0 Å². The Morgan fingerprint density at radius 1 is 1.00 bits per heavy atom. The van der Waals surface area contributed by atoms with Crippen molar-refractivity contribution in [1.82, 2.24) is 0 Å². The van der Waals surface area contributed by atoms with E-state index in [1.165, 1.54) is 0 Å². The highest BCUT2D eigenvalue weighted by Gasteiger charge is 2.22. The van der Waals surface area contributed by atoms with E-state index in [0.29, 0.717) is 0 Å². The van der Waals surface area contributed by atoms with Crippen molar-refractivity contribution in [3.63, 3.8) is 0 Å². The molecule has 3 aromatic rings. The first-order chi connectivity index (χ1) is 11.7. The molecule has 2 heteroatoms. The van der Waals surface area contributed by atoms with Crippen LogP contribution in [0.1, 0.15) is 24.0 Å². The molecule has 24 heavy (non-hydrogen) atoms. The maximum Gasteiger partial charge on any atom is 0.141 e. The van der Waals surface area contributed by atoms with Crippen LogP contribution in [-0.2, 0) is 4.79 Å². The fraction of sp³-hybridized carbons (Fsp3) is 0.136. The van der Waals surface area contributed by atoms with Crippen molar-refractivity contribution in [2.45, 2.75) is 12.8 Å². The van der Waals surface area contributed by atoms with Crippen LogP contribution in [0.4, 0.5) is 0 Å². The van der Waals surface area contributed by atoms with E-state index >= 15 is 0 Å². The maximum absolute atomic E-state index is 12.4. The van der Waals surface area contributed by atoms with Gasteiger partial charge in [-0.25, -0.2) is 0 Å². The second-order valence-corrected chi connectivity index (χ2v) is 5.70. The fourth-order valence-corrected chi connectivity index (χ4v) is 3.00. The first-order valence-electron chi connectivity index (χ1n) is 7.90. The molecular weight excluding hydrogens is 296 g/mol. The third-order valence-electron chi connectivity index (χ3n) is 4.15. The second-order valence-electron chi connectivity index (χ2n) is 5.70. The number of methoxy groups -OCH3 is 1. The number of carbonyl (C=O) groups excluding carboxylic acids is 1. The van der Waals surface area contributed by atoms with Crippen molar-refractivity contribution in [3.8, 4) is 16.9 Å². The first-order valence-corrected chi connectivity index (χ1v) is 7.90. The van der Waals surface area contributed by atoms with Crippen molar-refractivity contribution in [3.05, 3.63) is 90.0 Å². The minimum absolute atomic E-state index is 0.118. The van der Waals surface area contributed by atoms with Gasteiger partial charge in [0, 0.05) is 0 Å². The molecule has 3 aromatic carbocycles. The van der Waals surface area contributed by atoms with Crippen LogP contribution in [-0.4, -0.2) is 12.9 Å². The molecule has 0 amide bonds. The van der Waals surface area contributed by atoms with Crippen LogP contribution in [0.2, 0.25) is 0 Å². The Morgan fingerprint density at radius 3 is 2.38 bits per heavy atom. The van der Waals surface area contributed by atoms with Gasteiger partial charge in [0.15, 0.2) is 0 Å². The number of Topliss-reactive ketones (excluding diaryl/α,β-unsaturated/α-hetero) is 1. The molecule has 0 heterocycles. The Kier molecular flexibility index (Phi) is 4.76. The molecule has 0 N–H and O–H groups in total. The van der Waals surface area contributed by atoms with Crippen LogP contribution < -0.4 is 4.74 Å². The van der Waals surface area contributed by atoms with E-state index in [0.717, 1.165) is 28.0 Å². The zero-order chi connectivity index (χ0) is 16.9. The van der Waals surface area contributed by atoms with Crippen molar-refractivity contribution < 1.29 is 9.53 Å². The molecule has 2 nitrogen and oxygen atoms in total. The summed E-state index contributed by atoms with van der Waals surface area (Å²) in [7, 11) is 1.64. The number of hydrogen-bond donors (Lipinski definition) is 0. The average Bonchev–Trinajstić information content (AvgIpc) is 2.63. The van der Waals surface area contributed by atoms with Gasteiger partial charge in [-0.3, -0.25) is 4.79 Å². The molecule has 0 bridgehead atoms. The summed E-state index contributed by atoms with van der Waals surface area (Å²) >= 11 is 0. The Labute approximate surface area is 142 Å². The molecule has 0 saturated heterocycles. The molecule has 1 radical (unpaired) electrons.